The van der Waals surface area contributed by atoms with Crippen molar-refractivity contribution < 1.29 is 25.8 Å². The summed E-state index contributed by atoms with van der Waals surface area (Å²) in [4.78, 5) is 0. The van der Waals surface area contributed by atoms with Crippen molar-refractivity contribution in [2.45, 2.75) is 25.4 Å². The van der Waals surface area contributed by atoms with Crippen LogP contribution in [0.25, 0.3) is 0 Å². The number of nitrogens with zero attached hydrogens (tertiary/aromatic N) is 2. The highest BCUT2D eigenvalue weighted by atomic mass is 32.2. The molecule has 0 N–H and O–H groups in total. The van der Waals surface area contributed by atoms with Gasteiger partial charge in [-0.3, -0.25) is 4.68 Å². The van der Waals surface area contributed by atoms with Gasteiger partial charge >= 0.3 is 15.6 Å². The van der Waals surface area contributed by atoms with E-state index in [-0.39, 0.29) is 0 Å². The normalized spacial score (nSPS) is 12.8. The van der Waals surface area contributed by atoms with Crippen LogP contribution in [0.3, 0.4) is 0 Å². The van der Waals surface area contributed by atoms with Crippen LogP contribution in [-0.2, 0) is 16.7 Å². The first-order valence-electron chi connectivity index (χ1n) is 4.29. The zero-order valence-electron chi connectivity index (χ0n) is 8.23. The summed E-state index contributed by atoms with van der Waals surface area (Å²) in [5, 5.41) is 3.63. The molecule has 1 rings (SSSR count). The highest BCUT2D eigenvalue weighted by molar-refractivity contribution is 7.87. The predicted molar refractivity (Wildman–Crippen MR) is 48.1 cm³/mol. The molecule has 1 heterocycles. The maximum absolute atomic E-state index is 11.9. The Kier molecular flexibility index (Phi) is 3.46. The summed E-state index contributed by atoms with van der Waals surface area (Å²) < 4.78 is 62.2. The zero-order chi connectivity index (χ0) is 12.4. The Hall–Kier alpha value is -1.25. The third kappa shape index (κ3) is 2.87. The van der Waals surface area contributed by atoms with E-state index in [9.17, 15) is 21.6 Å². The molecule has 0 saturated carbocycles. The van der Waals surface area contributed by atoms with Crippen molar-refractivity contribution in [3.8, 4) is 5.75 Å². The number of rotatable bonds is 4. The van der Waals surface area contributed by atoms with E-state index in [0.717, 1.165) is 12.4 Å². The molecule has 0 atom stereocenters. The van der Waals surface area contributed by atoms with Crippen molar-refractivity contribution in [2.24, 2.45) is 0 Å². The van der Waals surface area contributed by atoms with Gasteiger partial charge in [-0.05, 0) is 6.42 Å². The minimum absolute atomic E-state index is 0.453. The Morgan fingerprint density at radius 2 is 2.12 bits per heavy atom. The van der Waals surface area contributed by atoms with Crippen LogP contribution in [0.1, 0.15) is 13.3 Å². The van der Waals surface area contributed by atoms with Gasteiger partial charge in [0.2, 0.25) is 0 Å². The predicted octanol–water partition coefficient (Wildman–Crippen LogP) is 1.52. The van der Waals surface area contributed by atoms with E-state index < -0.39 is 21.4 Å². The quantitative estimate of drug-likeness (QED) is 0.607. The van der Waals surface area contributed by atoms with Gasteiger partial charge in [0.05, 0.1) is 12.4 Å². The maximum atomic E-state index is 11.9. The molecule has 0 amide bonds. The molecule has 1 aromatic rings. The van der Waals surface area contributed by atoms with Crippen LogP contribution in [0, 0.1) is 0 Å². The van der Waals surface area contributed by atoms with Gasteiger partial charge in [0.15, 0.2) is 5.75 Å². The molecule has 0 aromatic carbocycles. The van der Waals surface area contributed by atoms with Crippen molar-refractivity contribution >= 4 is 10.1 Å². The Morgan fingerprint density at radius 1 is 1.50 bits per heavy atom. The Morgan fingerprint density at radius 3 is 2.62 bits per heavy atom. The topological polar surface area (TPSA) is 61.2 Å². The second-order valence-electron chi connectivity index (χ2n) is 2.92. The van der Waals surface area contributed by atoms with Crippen LogP contribution < -0.4 is 4.18 Å². The van der Waals surface area contributed by atoms with Crippen LogP contribution in [0.15, 0.2) is 12.4 Å². The van der Waals surface area contributed by atoms with Crippen LogP contribution in [0.5, 0.6) is 5.75 Å². The van der Waals surface area contributed by atoms with Gasteiger partial charge in [-0.25, -0.2) is 0 Å². The first kappa shape index (κ1) is 12.8. The van der Waals surface area contributed by atoms with E-state index in [4.69, 9.17) is 0 Å². The standard InChI is InChI=1S/C7H9F3N2O3S/c1-2-3-12-5-6(4-11-12)15-16(13,14)7(8,9)10/h4-5H,2-3H2,1H3. The average Bonchev–Trinajstić information content (AvgIpc) is 2.50. The third-order valence-electron chi connectivity index (χ3n) is 1.55. The summed E-state index contributed by atoms with van der Waals surface area (Å²) in [5.74, 6) is -0.453. The summed E-state index contributed by atoms with van der Waals surface area (Å²) in [6.07, 6.45) is 2.72. The fourth-order valence-electron chi connectivity index (χ4n) is 0.913. The number of hydrogen-bond donors (Lipinski definition) is 0. The van der Waals surface area contributed by atoms with Crippen molar-refractivity contribution in [2.75, 3.05) is 0 Å². The summed E-state index contributed by atoms with van der Waals surface area (Å²) >= 11 is 0. The lowest BCUT2D eigenvalue weighted by atomic mass is 10.5. The molecule has 92 valence electrons. The number of aromatic nitrogens is 2. The molecule has 0 aliphatic carbocycles. The molecule has 1 aromatic heterocycles. The molecule has 0 aliphatic rings. The van der Waals surface area contributed by atoms with Gasteiger partial charge in [0.25, 0.3) is 0 Å². The number of halogens is 3. The average molecular weight is 258 g/mol. The van der Waals surface area contributed by atoms with Gasteiger partial charge in [-0.1, -0.05) is 6.92 Å². The van der Waals surface area contributed by atoms with Gasteiger partial charge in [0.1, 0.15) is 0 Å². The van der Waals surface area contributed by atoms with Crippen molar-refractivity contribution in [1.82, 2.24) is 9.78 Å². The first-order chi connectivity index (χ1) is 7.26. The summed E-state index contributed by atoms with van der Waals surface area (Å²) in [6, 6.07) is 0. The van der Waals surface area contributed by atoms with Crippen molar-refractivity contribution in [3.05, 3.63) is 12.4 Å². The largest absolute Gasteiger partial charge is 0.534 e. The summed E-state index contributed by atoms with van der Waals surface area (Å²) in [5.41, 5.74) is -5.43. The lowest BCUT2D eigenvalue weighted by Crippen LogP contribution is -2.27. The van der Waals surface area contributed by atoms with Gasteiger partial charge < -0.3 is 4.18 Å². The van der Waals surface area contributed by atoms with Gasteiger partial charge in [0, 0.05) is 6.54 Å². The van der Waals surface area contributed by atoms with E-state index in [2.05, 4.69) is 9.28 Å². The third-order valence-corrected chi connectivity index (χ3v) is 2.53. The lowest BCUT2D eigenvalue weighted by molar-refractivity contribution is -0.0500. The van der Waals surface area contributed by atoms with Crippen LogP contribution in [0.2, 0.25) is 0 Å². The molecule has 16 heavy (non-hydrogen) atoms. The van der Waals surface area contributed by atoms with E-state index in [1.165, 1.54) is 4.68 Å². The van der Waals surface area contributed by atoms with Crippen molar-refractivity contribution in [1.29, 1.82) is 0 Å². The minimum Gasteiger partial charge on any atom is -0.373 e. The Balaban J connectivity index is 2.81. The fourth-order valence-corrected chi connectivity index (χ4v) is 1.35. The monoisotopic (exact) mass is 258 g/mol. The molecule has 0 bridgehead atoms. The molecule has 0 spiro atoms. The number of alkyl halides is 3. The van der Waals surface area contributed by atoms with Crippen LogP contribution in [-0.4, -0.2) is 23.7 Å². The lowest BCUT2D eigenvalue weighted by Gasteiger charge is -2.06. The molecule has 9 heteroatoms. The second kappa shape index (κ2) is 4.32. The first-order valence-corrected chi connectivity index (χ1v) is 5.70. The molecular weight excluding hydrogens is 249 g/mol. The Labute approximate surface area is 89.9 Å². The molecule has 0 radical (unpaired) electrons. The molecule has 5 nitrogen and oxygen atoms in total. The number of hydrogen-bond acceptors (Lipinski definition) is 4. The smallest absolute Gasteiger partial charge is 0.373 e. The molecular formula is C7H9F3N2O3S. The maximum Gasteiger partial charge on any atom is 0.534 e. The van der Waals surface area contributed by atoms with E-state index in [0.29, 0.717) is 13.0 Å². The van der Waals surface area contributed by atoms with Gasteiger partial charge in [-0.2, -0.15) is 26.7 Å². The van der Waals surface area contributed by atoms with Crippen molar-refractivity contribution in [3.63, 3.8) is 0 Å². The van der Waals surface area contributed by atoms with E-state index >= 15 is 0 Å². The zero-order valence-corrected chi connectivity index (χ0v) is 9.05. The van der Waals surface area contributed by atoms with Gasteiger partial charge in [-0.15, -0.1) is 0 Å². The molecule has 0 saturated heterocycles. The van der Waals surface area contributed by atoms with Crippen LogP contribution >= 0.6 is 0 Å². The summed E-state index contributed by atoms with van der Waals surface area (Å²) in [7, 11) is -5.61. The van der Waals surface area contributed by atoms with E-state index in [1.807, 2.05) is 6.92 Å². The second-order valence-corrected chi connectivity index (χ2v) is 4.46. The molecule has 0 aliphatic heterocycles. The number of aryl methyl sites for hydroxylation is 1. The SMILES string of the molecule is CCCn1cc(OS(=O)(=O)C(F)(F)F)cn1. The molecule has 0 fully saturated rings. The highest BCUT2D eigenvalue weighted by Crippen LogP contribution is 2.26. The summed E-state index contributed by atoms with van der Waals surface area (Å²) in [6.45, 7) is 2.31. The van der Waals surface area contributed by atoms with E-state index in [1.54, 1.807) is 0 Å². The Bertz CT molecular complexity index is 452. The molecule has 0 unspecified atom stereocenters. The highest BCUT2D eigenvalue weighted by Gasteiger charge is 2.48. The fraction of sp³-hybridized carbons (Fsp3) is 0.571. The minimum atomic E-state index is -5.61. The van der Waals surface area contributed by atoms with Crippen LogP contribution in [0.4, 0.5) is 13.2 Å².